The van der Waals surface area contributed by atoms with Crippen LogP contribution in [0.2, 0.25) is 0 Å². The van der Waals surface area contributed by atoms with Crippen LogP contribution in [-0.2, 0) is 12.8 Å². The number of nitrogens with zero attached hydrogens (tertiary/aromatic N) is 1. The monoisotopic (exact) mass is 284 g/mol. The van der Waals surface area contributed by atoms with Crippen molar-refractivity contribution in [2.75, 3.05) is 0 Å². The van der Waals surface area contributed by atoms with E-state index >= 15 is 0 Å². The number of hydrogen-bond donors (Lipinski definition) is 1. The first-order valence-electron chi connectivity index (χ1n) is 7.12. The van der Waals surface area contributed by atoms with Gasteiger partial charge >= 0.3 is 0 Å². The summed E-state index contributed by atoms with van der Waals surface area (Å²) in [5.74, 6) is -0.593. The predicted molar refractivity (Wildman–Crippen MR) is 77.2 cm³/mol. The van der Waals surface area contributed by atoms with Gasteiger partial charge in [-0.15, -0.1) is 0 Å². The van der Waals surface area contributed by atoms with Gasteiger partial charge in [0.1, 0.15) is 5.82 Å². The van der Waals surface area contributed by atoms with Gasteiger partial charge in [0.25, 0.3) is 0 Å². The number of H-pyrrole nitrogens is 1. The number of aromatic amines is 1. The number of nitrogens with one attached hydrogen (secondary N) is 1. The molecule has 0 amide bonds. The fraction of sp³-hybridized carbons (Fsp3) is 0.235. The fourth-order valence-corrected chi connectivity index (χ4v) is 3.15. The number of hydrogen-bond acceptors (Lipinski definition) is 1. The highest BCUT2D eigenvalue weighted by molar-refractivity contribution is 5.75. The fourth-order valence-electron chi connectivity index (χ4n) is 3.15. The molecule has 21 heavy (non-hydrogen) atoms. The third-order valence-corrected chi connectivity index (χ3v) is 4.28. The van der Waals surface area contributed by atoms with E-state index in [2.05, 4.69) is 28.2 Å². The highest BCUT2D eigenvalue weighted by Crippen LogP contribution is 2.32. The summed E-state index contributed by atoms with van der Waals surface area (Å²) in [6, 6.07) is 10.7. The maximum absolute atomic E-state index is 13.3. The summed E-state index contributed by atoms with van der Waals surface area (Å²) in [4.78, 5) is 7.60. The average Bonchev–Trinajstić information content (AvgIpc) is 2.90. The van der Waals surface area contributed by atoms with Crippen LogP contribution in [0.15, 0.2) is 36.4 Å². The third kappa shape index (κ3) is 2.11. The molecule has 1 aliphatic carbocycles. The summed E-state index contributed by atoms with van der Waals surface area (Å²) in [5, 5.41) is 0. The van der Waals surface area contributed by atoms with Crippen LogP contribution in [0.4, 0.5) is 8.78 Å². The van der Waals surface area contributed by atoms with Crippen molar-refractivity contribution in [3.05, 3.63) is 65.0 Å². The van der Waals surface area contributed by atoms with Crippen molar-refractivity contribution < 1.29 is 8.78 Å². The van der Waals surface area contributed by atoms with Crippen LogP contribution in [0.5, 0.6) is 0 Å². The molecule has 1 aromatic heterocycles. The minimum absolute atomic E-state index is 0.276. The molecule has 1 N–H and O–H groups in total. The Morgan fingerprint density at radius 1 is 1.05 bits per heavy atom. The number of halogens is 2. The first kappa shape index (κ1) is 12.5. The highest BCUT2D eigenvalue weighted by atomic mass is 19.2. The second kappa shape index (κ2) is 4.65. The van der Waals surface area contributed by atoms with E-state index in [0.717, 1.165) is 31.2 Å². The van der Waals surface area contributed by atoms with Crippen LogP contribution < -0.4 is 0 Å². The largest absolute Gasteiger partial charge is 0.342 e. The molecule has 0 radical (unpaired) electrons. The van der Waals surface area contributed by atoms with E-state index in [1.54, 1.807) is 0 Å². The molecule has 0 fully saturated rings. The summed E-state index contributed by atoms with van der Waals surface area (Å²) >= 11 is 0. The van der Waals surface area contributed by atoms with Crippen LogP contribution in [0.25, 0.3) is 11.0 Å². The Bertz CT molecular complexity index is 784. The van der Waals surface area contributed by atoms with E-state index in [0.29, 0.717) is 11.0 Å². The number of rotatable bonds is 1. The maximum Gasteiger partial charge on any atom is 0.161 e. The zero-order valence-corrected chi connectivity index (χ0v) is 11.4. The van der Waals surface area contributed by atoms with Gasteiger partial charge in [-0.2, -0.15) is 0 Å². The van der Waals surface area contributed by atoms with Gasteiger partial charge in [-0.3, -0.25) is 0 Å². The van der Waals surface area contributed by atoms with Crippen molar-refractivity contribution in [1.29, 1.82) is 0 Å². The van der Waals surface area contributed by atoms with Gasteiger partial charge in [-0.25, -0.2) is 13.8 Å². The summed E-state index contributed by atoms with van der Waals surface area (Å²) in [7, 11) is 0. The molecule has 106 valence electrons. The molecule has 0 saturated carbocycles. The second-order valence-corrected chi connectivity index (χ2v) is 5.61. The Morgan fingerprint density at radius 2 is 1.81 bits per heavy atom. The SMILES string of the molecule is Fc1cc2nc(C3CCc4ccccc4C3)[nH]c2cc1F. The van der Waals surface area contributed by atoms with Crippen molar-refractivity contribution in [1.82, 2.24) is 9.97 Å². The number of imidazole rings is 1. The number of aryl methyl sites for hydroxylation is 1. The zero-order valence-electron chi connectivity index (χ0n) is 11.4. The Kier molecular flexibility index (Phi) is 2.77. The van der Waals surface area contributed by atoms with Crippen molar-refractivity contribution >= 4 is 11.0 Å². The van der Waals surface area contributed by atoms with Gasteiger partial charge in [0.05, 0.1) is 11.0 Å². The van der Waals surface area contributed by atoms with Gasteiger partial charge in [0, 0.05) is 18.1 Å². The average molecular weight is 284 g/mol. The topological polar surface area (TPSA) is 28.7 Å². The second-order valence-electron chi connectivity index (χ2n) is 5.61. The van der Waals surface area contributed by atoms with Gasteiger partial charge < -0.3 is 4.98 Å². The molecule has 1 heterocycles. The lowest BCUT2D eigenvalue weighted by Crippen LogP contribution is -2.13. The van der Waals surface area contributed by atoms with Gasteiger partial charge in [0.15, 0.2) is 11.6 Å². The van der Waals surface area contributed by atoms with Crippen LogP contribution in [0.3, 0.4) is 0 Å². The number of aromatic nitrogens is 2. The predicted octanol–water partition coefficient (Wildman–Crippen LogP) is 4.11. The Morgan fingerprint density at radius 3 is 2.67 bits per heavy atom. The molecule has 4 rings (SSSR count). The number of benzene rings is 2. The molecule has 0 aliphatic heterocycles. The molecule has 3 aromatic rings. The minimum Gasteiger partial charge on any atom is -0.342 e. The lowest BCUT2D eigenvalue weighted by atomic mass is 9.83. The van der Waals surface area contributed by atoms with E-state index in [9.17, 15) is 8.78 Å². The normalized spacial score (nSPS) is 17.9. The number of fused-ring (bicyclic) bond motifs is 2. The van der Waals surface area contributed by atoms with Gasteiger partial charge in [0.2, 0.25) is 0 Å². The van der Waals surface area contributed by atoms with Crippen molar-refractivity contribution in [3.8, 4) is 0 Å². The molecule has 2 nitrogen and oxygen atoms in total. The Labute approximate surface area is 120 Å². The minimum atomic E-state index is -0.852. The molecular formula is C17H14F2N2. The zero-order chi connectivity index (χ0) is 14.4. The smallest absolute Gasteiger partial charge is 0.161 e. The van der Waals surface area contributed by atoms with Crippen LogP contribution in [0, 0.1) is 11.6 Å². The van der Waals surface area contributed by atoms with Gasteiger partial charge in [-0.05, 0) is 30.4 Å². The molecular weight excluding hydrogens is 270 g/mol. The van der Waals surface area contributed by atoms with E-state index in [-0.39, 0.29) is 5.92 Å². The first-order valence-corrected chi connectivity index (χ1v) is 7.12. The maximum atomic E-state index is 13.3. The van der Waals surface area contributed by atoms with Crippen LogP contribution >= 0.6 is 0 Å². The molecule has 1 unspecified atom stereocenters. The van der Waals surface area contributed by atoms with Crippen molar-refractivity contribution in [2.45, 2.75) is 25.2 Å². The summed E-state index contributed by atoms with van der Waals surface area (Å²) < 4.78 is 26.5. The molecule has 1 aliphatic rings. The van der Waals surface area contributed by atoms with Crippen LogP contribution in [0.1, 0.15) is 29.3 Å². The molecule has 1 atom stereocenters. The molecule has 0 bridgehead atoms. The Hall–Kier alpha value is -2.23. The van der Waals surface area contributed by atoms with Crippen LogP contribution in [-0.4, -0.2) is 9.97 Å². The van der Waals surface area contributed by atoms with Crippen molar-refractivity contribution in [2.24, 2.45) is 0 Å². The summed E-state index contributed by atoms with van der Waals surface area (Å²) in [6.45, 7) is 0. The molecule has 4 heteroatoms. The van der Waals surface area contributed by atoms with E-state index in [4.69, 9.17) is 0 Å². The summed E-state index contributed by atoms with van der Waals surface area (Å²) in [5.41, 5.74) is 3.78. The molecule has 0 spiro atoms. The first-order chi connectivity index (χ1) is 10.2. The Balaban J connectivity index is 1.71. The lowest BCUT2D eigenvalue weighted by Gasteiger charge is -2.22. The third-order valence-electron chi connectivity index (χ3n) is 4.28. The molecule has 2 aromatic carbocycles. The highest BCUT2D eigenvalue weighted by Gasteiger charge is 2.22. The van der Waals surface area contributed by atoms with Crippen molar-refractivity contribution in [3.63, 3.8) is 0 Å². The standard InChI is InChI=1S/C17H14F2N2/c18-13-8-15-16(9-14(13)19)21-17(20-15)12-6-5-10-3-1-2-4-11(10)7-12/h1-4,8-9,12H,5-7H2,(H,20,21). The quantitative estimate of drug-likeness (QED) is 0.715. The van der Waals surface area contributed by atoms with Gasteiger partial charge in [-0.1, -0.05) is 24.3 Å². The van der Waals surface area contributed by atoms with E-state index in [1.165, 1.54) is 17.2 Å². The lowest BCUT2D eigenvalue weighted by molar-refractivity contribution is 0.510. The van der Waals surface area contributed by atoms with E-state index in [1.807, 2.05) is 6.07 Å². The van der Waals surface area contributed by atoms with E-state index < -0.39 is 11.6 Å². The summed E-state index contributed by atoms with van der Waals surface area (Å²) in [6.07, 6.45) is 2.93. The molecule has 0 saturated heterocycles.